The standard InChI is InChI=1S/C16H25NO/c1-16(2)10-6-9-15(16)17-14(12-18)11-13-7-4-3-5-8-13/h3-5,7-8,14-15,17-18H,6,9-12H2,1-2H3/t14-,15?/m1/s1. The number of rotatable bonds is 5. The van der Waals surface area contributed by atoms with Crippen LogP contribution in [-0.4, -0.2) is 23.8 Å². The molecule has 0 amide bonds. The van der Waals surface area contributed by atoms with Crippen molar-refractivity contribution < 1.29 is 5.11 Å². The van der Waals surface area contributed by atoms with E-state index >= 15 is 0 Å². The number of nitrogens with one attached hydrogen (secondary N) is 1. The Hall–Kier alpha value is -0.860. The minimum atomic E-state index is 0.176. The van der Waals surface area contributed by atoms with E-state index in [0.717, 1.165) is 6.42 Å². The van der Waals surface area contributed by atoms with Crippen molar-refractivity contribution in [3.05, 3.63) is 35.9 Å². The molecular weight excluding hydrogens is 222 g/mol. The Labute approximate surface area is 110 Å². The molecule has 18 heavy (non-hydrogen) atoms. The minimum absolute atomic E-state index is 0.176. The number of benzene rings is 1. The lowest BCUT2D eigenvalue weighted by molar-refractivity contribution is 0.196. The van der Waals surface area contributed by atoms with Crippen LogP contribution in [0.3, 0.4) is 0 Å². The molecular formula is C16H25NO. The van der Waals surface area contributed by atoms with Gasteiger partial charge in [-0.3, -0.25) is 0 Å². The van der Waals surface area contributed by atoms with E-state index in [-0.39, 0.29) is 12.6 Å². The quantitative estimate of drug-likeness (QED) is 0.838. The molecule has 2 heteroatoms. The average molecular weight is 247 g/mol. The molecule has 0 aromatic heterocycles. The van der Waals surface area contributed by atoms with Crippen molar-refractivity contribution in [2.24, 2.45) is 5.41 Å². The van der Waals surface area contributed by atoms with Gasteiger partial charge in [-0.2, -0.15) is 0 Å². The van der Waals surface area contributed by atoms with Crippen molar-refractivity contribution in [3.63, 3.8) is 0 Å². The third kappa shape index (κ3) is 3.33. The molecule has 1 aromatic carbocycles. The Balaban J connectivity index is 1.94. The first-order chi connectivity index (χ1) is 8.62. The van der Waals surface area contributed by atoms with Gasteiger partial charge in [-0.25, -0.2) is 0 Å². The Morgan fingerprint density at radius 2 is 2.06 bits per heavy atom. The summed E-state index contributed by atoms with van der Waals surface area (Å²) in [6.07, 6.45) is 4.73. The Bertz CT molecular complexity index is 361. The number of aliphatic hydroxyl groups excluding tert-OH is 1. The topological polar surface area (TPSA) is 32.3 Å². The summed E-state index contributed by atoms with van der Waals surface area (Å²) in [6.45, 7) is 4.87. The van der Waals surface area contributed by atoms with Gasteiger partial charge in [0.15, 0.2) is 0 Å². The predicted molar refractivity (Wildman–Crippen MR) is 75.6 cm³/mol. The highest BCUT2D eigenvalue weighted by Gasteiger charge is 2.35. The van der Waals surface area contributed by atoms with Gasteiger partial charge in [-0.1, -0.05) is 50.6 Å². The summed E-state index contributed by atoms with van der Waals surface area (Å²) in [7, 11) is 0. The van der Waals surface area contributed by atoms with Crippen LogP contribution in [0.25, 0.3) is 0 Å². The van der Waals surface area contributed by atoms with E-state index in [4.69, 9.17) is 0 Å². The van der Waals surface area contributed by atoms with Gasteiger partial charge in [-0.15, -0.1) is 0 Å². The molecule has 0 aliphatic heterocycles. The summed E-state index contributed by atoms with van der Waals surface area (Å²) in [6, 6.07) is 11.1. The van der Waals surface area contributed by atoms with Gasteiger partial charge in [0.25, 0.3) is 0 Å². The molecule has 2 atom stereocenters. The zero-order valence-electron chi connectivity index (χ0n) is 11.5. The third-order valence-corrected chi connectivity index (χ3v) is 4.24. The van der Waals surface area contributed by atoms with Crippen LogP contribution in [0.1, 0.15) is 38.7 Å². The fraction of sp³-hybridized carbons (Fsp3) is 0.625. The van der Waals surface area contributed by atoms with Crippen LogP contribution in [0.2, 0.25) is 0 Å². The summed E-state index contributed by atoms with van der Waals surface area (Å²) >= 11 is 0. The van der Waals surface area contributed by atoms with Crippen LogP contribution < -0.4 is 5.32 Å². The molecule has 0 radical (unpaired) electrons. The molecule has 1 aliphatic carbocycles. The summed E-state index contributed by atoms with van der Waals surface area (Å²) in [5, 5.41) is 13.2. The Morgan fingerprint density at radius 3 is 2.61 bits per heavy atom. The van der Waals surface area contributed by atoms with E-state index in [9.17, 15) is 5.11 Å². The van der Waals surface area contributed by atoms with Crippen LogP contribution in [0.4, 0.5) is 0 Å². The molecule has 0 bridgehead atoms. The second-order valence-electron chi connectivity index (χ2n) is 6.17. The van der Waals surface area contributed by atoms with Crippen LogP contribution in [0.15, 0.2) is 30.3 Å². The SMILES string of the molecule is CC1(C)CCCC1N[C@@H](CO)Cc1ccccc1. The van der Waals surface area contributed by atoms with Crippen molar-refractivity contribution in [1.82, 2.24) is 5.32 Å². The Kier molecular flexibility index (Phi) is 4.41. The zero-order valence-corrected chi connectivity index (χ0v) is 11.5. The molecule has 1 aromatic rings. The van der Waals surface area contributed by atoms with Gasteiger partial charge in [0.1, 0.15) is 0 Å². The van der Waals surface area contributed by atoms with Crippen molar-refractivity contribution >= 4 is 0 Å². The molecule has 100 valence electrons. The van der Waals surface area contributed by atoms with E-state index < -0.39 is 0 Å². The molecule has 2 nitrogen and oxygen atoms in total. The van der Waals surface area contributed by atoms with E-state index in [1.807, 2.05) is 6.07 Å². The van der Waals surface area contributed by atoms with E-state index in [1.165, 1.54) is 24.8 Å². The highest BCUT2D eigenvalue weighted by Crippen LogP contribution is 2.37. The normalized spacial score (nSPS) is 24.1. The van der Waals surface area contributed by atoms with Crippen molar-refractivity contribution in [1.29, 1.82) is 0 Å². The van der Waals surface area contributed by atoms with E-state index in [0.29, 0.717) is 11.5 Å². The maximum atomic E-state index is 9.56. The summed E-state index contributed by atoms with van der Waals surface area (Å²) < 4.78 is 0. The first-order valence-corrected chi connectivity index (χ1v) is 7.02. The minimum Gasteiger partial charge on any atom is -0.395 e. The van der Waals surface area contributed by atoms with Gasteiger partial charge in [-0.05, 0) is 30.2 Å². The van der Waals surface area contributed by atoms with Crippen molar-refractivity contribution in [2.75, 3.05) is 6.61 Å². The van der Waals surface area contributed by atoms with Crippen LogP contribution in [0.5, 0.6) is 0 Å². The van der Waals surface area contributed by atoms with Gasteiger partial charge in [0.05, 0.1) is 6.61 Å². The van der Waals surface area contributed by atoms with Gasteiger partial charge < -0.3 is 10.4 Å². The van der Waals surface area contributed by atoms with Crippen molar-refractivity contribution in [3.8, 4) is 0 Å². The van der Waals surface area contributed by atoms with Crippen LogP contribution in [-0.2, 0) is 6.42 Å². The second-order valence-corrected chi connectivity index (χ2v) is 6.17. The van der Waals surface area contributed by atoms with Gasteiger partial charge in [0.2, 0.25) is 0 Å². The molecule has 1 saturated carbocycles. The molecule has 1 aliphatic rings. The van der Waals surface area contributed by atoms with Gasteiger partial charge in [0, 0.05) is 12.1 Å². The molecule has 2 N–H and O–H groups in total. The molecule has 2 rings (SSSR count). The second kappa shape index (κ2) is 5.85. The average Bonchev–Trinajstić information content (AvgIpc) is 2.69. The maximum Gasteiger partial charge on any atom is 0.0587 e. The molecule has 0 heterocycles. The monoisotopic (exact) mass is 247 g/mol. The lowest BCUT2D eigenvalue weighted by Crippen LogP contribution is -2.46. The largest absolute Gasteiger partial charge is 0.395 e. The van der Waals surface area contributed by atoms with Crippen LogP contribution >= 0.6 is 0 Å². The highest BCUT2D eigenvalue weighted by molar-refractivity contribution is 5.16. The van der Waals surface area contributed by atoms with Gasteiger partial charge >= 0.3 is 0 Å². The lowest BCUT2D eigenvalue weighted by Gasteiger charge is -2.31. The fourth-order valence-corrected chi connectivity index (χ4v) is 3.00. The van der Waals surface area contributed by atoms with Crippen LogP contribution in [0, 0.1) is 5.41 Å². The Morgan fingerprint density at radius 1 is 1.33 bits per heavy atom. The zero-order chi connectivity index (χ0) is 13.0. The summed E-state index contributed by atoms with van der Waals surface area (Å²) in [5.41, 5.74) is 1.66. The van der Waals surface area contributed by atoms with E-state index in [2.05, 4.69) is 43.4 Å². The number of hydrogen-bond acceptors (Lipinski definition) is 2. The summed E-state index contributed by atoms with van der Waals surface area (Å²) in [5.74, 6) is 0. The first-order valence-electron chi connectivity index (χ1n) is 7.02. The highest BCUT2D eigenvalue weighted by atomic mass is 16.3. The van der Waals surface area contributed by atoms with E-state index in [1.54, 1.807) is 0 Å². The van der Waals surface area contributed by atoms with Crippen molar-refractivity contribution in [2.45, 2.75) is 51.6 Å². The molecule has 0 saturated heterocycles. The molecule has 0 spiro atoms. The molecule has 1 unspecified atom stereocenters. The number of aliphatic hydroxyl groups is 1. The first kappa shape index (κ1) is 13.6. The molecule has 1 fully saturated rings. The lowest BCUT2D eigenvalue weighted by atomic mass is 9.86. The number of hydrogen-bond donors (Lipinski definition) is 2. The third-order valence-electron chi connectivity index (χ3n) is 4.24. The smallest absolute Gasteiger partial charge is 0.0587 e. The maximum absolute atomic E-state index is 9.56. The summed E-state index contributed by atoms with van der Waals surface area (Å²) in [4.78, 5) is 0. The fourth-order valence-electron chi connectivity index (χ4n) is 3.00. The predicted octanol–water partition coefficient (Wildman–Crippen LogP) is 2.76.